The zero-order chi connectivity index (χ0) is 22.6. The predicted octanol–water partition coefficient (Wildman–Crippen LogP) is 4.45. The van der Waals surface area contributed by atoms with Crippen LogP contribution in [0.25, 0.3) is 11.3 Å². The Morgan fingerprint density at radius 1 is 1.23 bits per heavy atom. The summed E-state index contributed by atoms with van der Waals surface area (Å²) in [5.74, 6) is 0. The number of nitrogens with one attached hydrogen (secondary N) is 1. The Kier molecular flexibility index (Phi) is 6.54. The number of halogens is 3. The van der Waals surface area contributed by atoms with Crippen LogP contribution in [-0.2, 0) is 20.9 Å². The maximum Gasteiger partial charge on any atom is 0.435 e. The predicted molar refractivity (Wildman–Crippen MR) is 107 cm³/mol. The minimum absolute atomic E-state index is 0.0637. The fourth-order valence-corrected chi connectivity index (χ4v) is 3.78. The van der Waals surface area contributed by atoms with Crippen molar-refractivity contribution in [3.8, 4) is 5.69 Å². The highest BCUT2D eigenvalue weighted by atomic mass is 32.2. The van der Waals surface area contributed by atoms with Crippen molar-refractivity contribution in [2.24, 2.45) is 0 Å². The second-order valence-electron chi connectivity index (χ2n) is 6.70. The van der Waals surface area contributed by atoms with Crippen LogP contribution in [0.5, 0.6) is 0 Å². The van der Waals surface area contributed by atoms with Crippen LogP contribution in [0.3, 0.4) is 0 Å². The second kappa shape index (κ2) is 8.96. The monoisotopic (exact) mass is 455 g/mol. The largest absolute Gasteiger partial charge is 0.449 e. The standard InChI is InChI=1S/C20H20F3N3O4S/c1-2-12-30-19(27)25-31(28,29)16-10-8-15(9-11-16)26-17(14-6-4-3-5-7-14)13-18(24-26)20(21,22)23/h4,6-11,13H,2-3,5,12H2,1H3,(H,25,27). The number of nitrogens with zero attached hydrogens (tertiary/aromatic N) is 2. The van der Waals surface area contributed by atoms with E-state index in [1.807, 2.05) is 12.2 Å². The number of aromatic nitrogens is 2. The molecular weight excluding hydrogens is 435 g/mol. The number of hydrogen-bond acceptors (Lipinski definition) is 5. The van der Waals surface area contributed by atoms with Gasteiger partial charge in [-0.3, -0.25) is 0 Å². The second-order valence-corrected chi connectivity index (χ2v) is 8.38. The van der Waals surface area contributed by atoms with Crippen LogP contribution in [0.2, 0.25) is 0 Å². The minimum atomic E-state index is -4.63. The minimum Gasteiger partial charge on any atom is -0.449 e. The molecule has 0 unspecified atom stereocenters. The molecule has 7 nitrogen and oxygen atoms in total. The molecule has 0 saturated heterocycles. The average molecular weight is 455 g/mol. The average Bonchev–Trinajstić information content (AvgIpc) is 3.19. The topological polar surface area (TPSA) is 90.3 Å². The zero-order valence-corrected chi connectivity index (χ0v) is 17.3. The van der Waals surface area contributed by atoms with Gasteiger partial charge in [0, 0.05) is 0 Å². The Bertz CT molecular complexity index is 1120. The molecule has 11 heteroatoms. The fraction of sp³-hybridized carbons (Fsp3) is 0.300. The summed E-state index contributed by atoms with van der Waals surface area (Å²) in [7, 11) is -4.19. The van der Waals surface area contributed by atoms with Crippen LogP contribution in [0, 0.1) is 0 Å². The van der Waals surface area contributed by atoms with Crippen molar-refractivity contribution in [1.82, 2.24) is 14.5 Å². The molecule has 1 aromatic heterocycles. The molecule has 166 valence electrons. The van der Waals surface area contributed by atoms with E-state index in [0.29, 0.717) is 18.4 Å². The van der Waals surface area contributed by atoms with Gasteiger partial charge in [-0.2, -0.15) is 18.3 Å². The molecule has 0 bridgehead atoms. The Balaban J connectivity index is 1.93. The first kappa shape index (κ1) is 22.6. The summed E-state index contributed by atoms with van der Waals surface area (Å²) in [4.78, 5) is 11.3. The number of carbonyl (C=O) groups is 1. The summed E-state index contributed by atoms with van der Waals surface area (Å²) >= 11 is 0. The summed E-state index contributed by atoms with van der Waals surface area (Å²) in [6, 6.07) is 5.94. The van der Waals surface area contributed by atoms with Gasteiger partial charge in [0.15, 0.2) is 5.69 Å². The van der Waals surface area contributed by atoms with E-state index in [2.05, 4.69) is 5.10 Å². The number of ether oxygens (including phenoxy) is 1. The van der Waals surface area contributed by atoms with E-state index in [1.165, 1.54) is 24.3 Å². The highest BCUT2D eigenvalue weighted by Crippen LogP contribution is 2.33. The summed E-state index contributed by atoms with van der Waals surface area (Å²) in [5, 5.41) is 3.68. The lowest BCUT2D eigenvalue weighted by Gasteiger charge is -2.12. The molecule has 3 rings (SSSR count). The Hall–Kier alpha value is -3.08. The highest BCUT2D eigenvalue weighted by molar-refractivity contribution is 7.90. The van der Waals surface area contributed by atoms with Gasteiger partial charge < -0.3 is 4.74 Å². The molecule has 0 saturated carbocycles. The molecule has 0 aliphatic heterocycles. The maximum atomic E-state index is 13.2. The van der Waals surface area contributed by atoms with Gasteiger partial charge >= 0.3 is 12.3 Å². The first-order valence-electron chi connectivity index (χ1n) is 9.46. The Morgan fingerprint density at radius 2 is 1.94 bits per heavy atom. The van der Waals surface area contributed by atoms with Gasteiger partial charge in [-0.1, -0.05) is 25.2 Å². The number of carbonyl (C=O) groups excluding carboxylic acids is 1. The number of benzene rings is 1. The third-order valence-corrected chi connectivity index (χ3v) is 5.67. The van der Waals surface area contributed by atoms with Crippen molar-refractivity contribution in [3.05, 3.63) is 59.9 Å². The van der Waals surface area contributed by atoms with E-state index in [9.17, 15) is 26.4 Å². The third kappa shape index (κ3) is 5.35. The lowest BCUT2D eigenvalue weighted by atomic mass is 10.0. The van der Waals surface area contributed by atoms with Crippen LogP contribution in [0.15, 0.2) is 53.5 Å². The number of sulfonamides is 1. The van der Waals surface area contributed by atoms with Crippen molar-refractivity contribution in [2.75, 3.05) is 6.61 Å². The lowest BCUT2D eigenvalue weighted by molar-refractivity contribution is -0.141. The molecule has 0 radical (unpaired) electrons. The van der Waals surface area contributed by atoms with E-state index >= 15 is 0 Å². The molecule has 1 aliphatic rings. The highest BCUT2D eigenvalue weighted by Gasteiger charge is 2.35. The number of amides is 1. The summed E-state index contributed by atoms with van der Waals surface area (Å²) in [6.45, 7) is 1.82. The number of allylic oxidation sites excluding steroid dienone is 4. The number of rotatable bonds is 6. The Morgan fingerprint density at radius 3 is 2.52 bits per heavy atom. The van der Waals surface area contributed by atoms with Crippen LogP contribution in [0.4, 0.5) is 18.0 Å². The molecule has 1 heterocycles. The summed E-state index contributed by atoms with van der Waals surface area (Å²) in [6.07, 6.45) is 1.68. The van der Waals surface area contributed by atoms with Crippen LogP contribution in [0.1, 0.15) is 37.6 Å². The molecule has 1 aromatic carbocycles. The molecule has 1 amide bonds. The van der Waals surface area contributed by atoms with E-state index < -0.39 is 28.0 Å². The molecule has 0 atom stereocenters. The van der Waals surface area contributed by atoms with E-state index in [4.69, 9.17) is 4.74 Å². The van der Waals surface area contributed by atoms with Crippen molar-refractivity contribution >= 4 is 21.7 Å². The smallest absolute Gasteiger partial charge is 0.435 e. The van der Waals surface area contributed by atoms with Gasteiger partial charge in [0.2, 0.25) is 0 Å². The van der Waals surface area contributed by atoms with Crippen LogP contribution >= 0.6 is 0 Å². The lowest BCUT2D eigenvalue weighted by Crippen LogP contribution is -2.31. The quantitative estimate of drug-likeness (QED) is 0.695. The van der Waals surface area contributed by atoms with Crippen molar-refractivity contribution in [1.29, 1.82) is 0 Å². The van der Waals surface area contributed by atoms with Gasteiger partial charge in [0.25, 0.3) is 10.0 Å². The van der Waals surface area contributed by atoms with Gasteiger partial charge in [0.1, 0.15) is 0 Å². The van der Waals surface area contributed by atoms with Gasteiger partial charge in [-0.05, 0) is 55.2 Å². The van der Waals surface area contributed by atoms with Gasteiger partial charge in [-0.25, -0.2) is 22.6 Å². The number of hydrogen-bond donors (Lipinski definition) is 1. The molecule has 2 aromatic rings. The molecule has 31 heavy (non-hydrogen) atoms. The van der Waals surface area contributed by atoms with Gasteiger partial charge in [-0.15, -0.1) is 0 Å². The van der Waals surface area contributed by atoms with Crippen molar-refractivity contribution < 1.29 is 31.1 Å². The van der Waals surface area contributed by atoms with Crippen LogP contribution in [-0.4, -0.2) is 30.9 Å². The van der Waals surface area contributed by atoms with Crippen molar-refractivity contribution in [3.63, 3.8) is 0 Å². The molecule has 1 aliphatic carbocycles. The molecule has 0 fully saturated rings. The maximum absolute atomic E-state index is 13.2. The van der Waals surface area contributed by atoms with Crippen molar-refractivity contribution in [2.45, 2.75) is 37.3 Å². The van der Waals surface area contributed by atoms with E-state index in [0.717, 1.165) is 17.2 Å². The van der Waals surface area contributed by atoms with E-state index in [1.54, 1.807) is 17.7 Å². The van der Waals surface area contributed by atoms with Crippen LogP contribution < -0.4 is 4.72 Å². The SMILES string of the molecule is CCCOC(=O)NS(=O)(=O)c1ccc(-n2nc(C(F)(F)F)cc2C2=CCCC=C2)cc1. The zero-order valence-electron chi connectivity index (χ0n) is 16.5. The number of alkyl halides is 3. The Labute approximate surface area is 177 Å². The first-order chi connectivity index (χ1) is 14.6. The summed E-state index contributed by atoms with van der Waals surface area (Å²) < 4.78 is 71.9. The summed E-state index contributed by atoms with van der Waals surface area (Å²) in [5.41, 5.74) is 0.00345. The molecular formula is C20H20F3N3O4S. The molecule has 0 spiro atoms. The fourth-order valence-electron chi connectivity index (χ4n) is 2.88. The third-order valence-electron chi connectivity index (χ3n) is 4.34. The van der Waals surface area contributed by atoms with E-state index in [-0.39, 0.29) is 22.9 Å². The molecule has 1 N–H and O–H groups in total. The van der Waals surface area contributed by atoms with Gasteiger partial charge in [0.05, 0.1) is 22.9 Å². The first-order valence-corrected chi connectivity index (χ1v) is 10.9. The normalized spacial score (nSPS) is 14.3.